The predicted molar refractivity (Wildman–Crippen MR) is 101 cm³/mol. The van der Waals surface area contributed by atoms with Crippen molar-refractivity contribution in [1.29, 1.82) is 0 Å². The molecule has 0 atom stereocenters. The minimum atomic E-state index is -0.155. The molecule has 1 aliphatic heterocycles. The molecule has 2 aromatic rings. The maximum atomic E-state index is 9.67. The van der Waals surface area contributed by atoms with Gasteiger partial charge in [0.1, 0.15) is 5.82 Å². The molecule has 0 aromatic carbocycles. The number of rotatable bonds is 4. The Balaban J connectivity index is 1.55. The minimum absolute atomic E-state index is 0.155. The van der Waals surface area contributed by atoms with Gasteiger partial charge >= 0.3 is 0 Å². The zero-order chi connectivity index (χ0) is 17.9. The third-order valence-electron chi connectivity index (χ3n) is 5.29. The lowest BCUT2D eigenvalue weighted by molar-refractivity contribution is 0.126. The molecule has 0 radical (unpaired) electrons. The van der Waals surface area contributed by atoms with Crippen molar-refractivity contribution >= 4 is 11.8 Å². The van der Waals surface area contributed by atoms with E-state index in [4.69, 9.17) is 4.98 Å². The normalized spacial score (nSPS) is 23.8. The monoisotopic (exact) mass is 357 g/mol. The lowest BCUT2D eigenvalue weighted by Crippen LogP contribution is -2.44. The maximum Gasteiger partial charge on any atom is 0.223 e. The van der Waals surface area contributed by atoms with Crippen LogP contribution < -0.4 is 15.5 Å². The summed E-state index contributed by atoms with van der Waals surface area (Å²) in [6.07, 6.45) is 7.12. The highest BCUT2D eigenvalue weighted by Crippen LogP contribution is 2.30. The van der Waals surface area contributed by atoms with Gasteiger partial charge in [0.05, 0.1) is 23.6 Å². The molecule has 0 bridgehead atoms. The average molecular weight is 357 g/mol. The van der Waals surface area contributed by atoms with Crippen molar-refractivity contribution in [1.82, 2.24) is 25.1 Å². The molecular formula is C18H27N7O. The molecule has 1 aliphatic carbocycles. The Kier molecular flexibility index (Phi) is 5.03. The number of aliphatic hydroxyl groups excluding tert-OH is 1. The summed E-state index contributed by atoms with van der Waals surface area (Å²) in [5, 5.41) is 21.0. The summed E-state index contributed by atoms with van der Waals surface area (Å²) in [6.45, 7) is 3.89. The molecule has 8 nitrogen and oxygen atoms in total. The van der Waals surface area contributed by atoms with Crippen molar-refractivity contribution in [3.05, 3.63) is 18.5 Å². The first kappa shape index (κ1) is 17.2. The van der Waals surface area contributed by atoms with Gasteiger partial charge in [-0.05, 0) is 31.7 Å². The highest BCUT2D eigenvalue weighted by Gasteiger charge is 2.22. The Morgan fingerprint density at radius 1 is 1.19 bits per heavy atom. The first-order chi connectivity index (χ1) is 12.7. The Hall–Kier alpha value is -2.19. The van der Waals surface area contributed by atoms with E-state index >= 15 is 0 Å². The number of nitrogens with one attached hydrogen (secondary N) is 2. The topological polar surface area (TPSA) is 91.1 Å². The lowest BCUT2D eigenvalue weighted by atomic mass is 9.93. The summed E-state index contributed by atoms with van der Waals surface area (Å²) < 4.78 is 1.93. The average Bonchev–Trinajstić information content (AvgIpc) is 3.06. The van der Waals surface area contributed by atoms with E-state index < -0.39 is 0 Å². The Morgan fingerprint density at radius 3 is 2.73 bits per heavy atom. The van der Waals surface area contributed by atoms with Gasteiger partial charge in [-0.3, -0.25) is 4.68 Å². The molecule has 2 fully saturated rings. The molecule has 140 valence electrons. The van der Waals surface area contributed by atoms with Gasteiger partial charge in [-0.1, -0.05) is 0 Å². The molecule has 1 saturated heterocycles. The number of aromatic nitrogens is 4. The fourth-order valence-corrected chi connectivity index (χ4v) is 3.84. The van der Waals surface area contributed by atoms with E-state index in [1.165, 1.54) is 0 Å². The zero-order valence-corrected chi connectivity index (χ0v) is 15.2. The van der Waals surface area contributed by atoms with E-state index in [9.17, 15) is 5.11 Å². The largest absolute Gasteiger partial charge is 0.393 e. The Morgan fingerprint density at radius 2 is 1.96 bits per heavy atom. The van der Waals surface area contributed by atoms with E-state index in [2.05, 4.69) is 25.6 Å². The van der Waals surface area contributed by atoms with E-state index in [0.717, 1.165) is 68.9 Å². The molecule has 3 N–H and O–H groups in total. The van der Waals surface area contributed by atoms with Gasteiger partial charge in [-0.2, -0.15) is 5.10 Å². The summed E-state index contributed by atoms with van der Waals surface area (Å²) in [7, 11) is 1.98. The van der Waals surface area contributed by atoms with E-state index in [1.807, 2.05) is 24.0 Å². The maximum absolute atomic E-state index is 9.67. The highest BCUT2D eigenvalue weighted by molar-refractivity contribution is 5.73. The van der Waals surface area contributed by atoms with Gasteiger partial charge < -0.3 is 20.6 Å². The van der Waals surface area contributed by atoms with Crippen LogP contribution in [0.2, 0.25) is 0 Å². The smallest absolute Gasteiger partial charge is 0.223 e. The van der Waals surface area contributed by atoms with E-state index in [1.54, 1.807) is 6.20 Å². The van der Waals surface area contributed by atoms with Gasteiger partial charge in [0, 0.05) is 45.5 Å². The number of piperazine rings is 1. The summed E-state index contributed by atoms with van der Waals surface area (Å²) in [5.41, 5.74) is 1.93. The third-order valence-corrected chi connectivity index (χ3v) is 5.29. The van der Waals surface area contributed by atoms with Crippen molar-refractivity contribution < 1.29 is 5.11 Å². The van der Waals surface area contributed by atoms with E-state index in [-0.39, 0.29) is 6.10 Å². The first-order valence-electron chi connectivity index (χ1n) is 9.46. The van der Waals surface area contributed by atoms with Crippen molar-refractivity contribution in [2.75, 3.05) is 36.4 Å². The van der Waals surface area contributed by atoms with Crippen LogP contribution >= 0.6 is 0 Å². The number of hydrogen-bond donors (Lipinski definition) is 3. The standard InChI is InChI=1S/C18H27N7O/c1-24-17(25-10-8-19-9-11-25)15(12-21-24)16-6-7-20-18(23-16)22-13-2-4-14(26)5-3-13/h6-7,12-14,19,26H,2-5,8-11H2,1H3,(H,20,22,23). The van der Waals surface area contributed by atoms with Gasteiger partial charge in [-0.15, -0.1) is 0 Å². The number of anilines is 2. The third kappa shape index (κ3) is 3.66. The first-order valence-corrected chi connectivity index (χ1v) is 9.46. The van der Waals surface area contributed by atoms with Crippen LogP contribution in [0, 0.1) is 0 Å². The SMILES string of the molecule is Cn1ncc(-c2ccnc(NC3CCC(O)CC3)n2)c1N1CCNCC1. The van der Waals surface area contributed by atoms with E-state index in [0.29, 0.717) is 12.0 Å². The van der Waals surface area contributed by atoms with Crippen LogP contribution in [-0.4, -0.2) is 63.2 Å². The molecular weight excluding hydrogens is 330 g/mol. The van der Waals surface area contributed by atoms with Gasteiger partial charge in [-0.25, -0.2) is 9.97 Å². The molecule has 0 amide bonds. The van der Waals surface area contributed by atoms with Crippen LogP contribution in [0.3, 0.4) is 0 Å². The summed E-state index contributed by atoms with van der Waals surface area (Å²) >= 11 is 0. The number of aryl methyl sites for hydroxylation is 1. The van der Waals surface area contributed by atoms with Gasteiger partial charge in [0.15, 0.2) is 0 Å². The summed E-state index contributed by atoms with van der Waals surface area (Å²) in [6, 6.07) is 2.27. The van der Waals surface area contributed by atoms with Gasteiger partial charge in [0.2, 0.25) is 5.95 Å². The van der Waals surface area contributed by atoms with Crippen molar-refractivity contribution in [3.63, 3.8) is 0 Å². The molecule has 2 aliphatic rings. The molecule has 26 heavy (non-hydrogen) atoms. The minimum Gasteiger partial charge on any atom is -0.393 e. The van der Waals surface area contributed by atoms with Crippen molar-refractivity contribution in [2.24, 2.45) is 7.05 Å². The second-order valence-corrected chi connectivity index (χ2v) is 7.16. The molecule has 2 aromatic heterocycles. The lowest BCUT2D eigenvalue weighted by Gasteiger charge is -2.30. The second kappa shape index (κ2) is 7.59. The Bertz CT molecular complexity index is 733. The summed E-state index contributed by atoms with van der Waals surface area (Å²) in [4.78, 5) is 11.5. The molecule has 4 rings (SSSR count). The van der Waals surface area contributed by atoms with Crippen LogP contribution in [-0.2, 0) is 7.05 Å². The zero-order valence-electron chi connectivity index (χ0n) is 15.2. The number of aliphatic hydroxyl groups is 1. The summed E-state index contributed by atoms with van der Waals surface area (Å²) in [5.74, 6) is 1.76. The van der Waals surface area contributed by atoms with Crippen molar-refractivity contribution in [2.45, 2.75) is 37.8 Å². The fraction of sp³-hybridized carbons (Fsp3) is 0.611. The van der Waals surface area contributed by atoms with Crippen LogP contribution in [0.15, 0.2) is 18.5 Å². The molecule has 0 spiro atoms. The van der Waals surface area contributed by atoms with Crippen molar-refractivity contribution in [3.8, 4) is 11.3 Å². The number of nitrogens with zero attached hydrogens (tertiary/aromatic N) is 5. The van der Waals surface area contributed by atoms with Crippen LogP contribution in [0.5, 0.6) is 0 Å². The molecule has 0 unspecified atom stereocenters. The van der Waals surface area contributed by atoms with Crippen LogP contribution in [0.1, 0.15) is 25.7 Å². The van der Waals surface area contributed by atoms with Crippen LogP contribution in [0.25, 0.3) is 11.3 Å². The molecule has 1 saturated carbocycles. The predicted octanol–water partition coefficient (Wildman–Crippen LogP) is 1.00. The second-order valence-electron chi connectivity index (χ2n) is 7.16. The molecule has 3 heterocycles. The number of hydrogen-bond acceptors (Lipinski definition) is 7. The van der Waals surface area contributed by atoms with Gasteiger partial charge in [0.25, 0.3) is 0 Å². The highest BCUT2D eigenvalue weighted by atomic mass is 16.3. The van der Waals surface area contributed by atoms with Crippen LogP contribution in [0.4, 0.5) is 11.8 Å². The Labute approximate surface area is 153 Å². The quantitative estimate of drug-likeness (QED) is 0.752. The molecule has 8 heteroatoms. The fourth-order valence-electron chi connectivity index (χ4n) is 3.84.